The van der Waals surface area contributed by atoms with E-state index in [1.54, 1.807) is 4.90 Å². The third-order valence-corrected chi connectivity index (χ3v) is 5.28. The number of nitrogens with zero attached hydrogens (tertiary/aromatic N) is 4. The molecule has 0 saturated carbocycles. The molecule has 0 aliphatic carbocycles. The van der Waals surface area contributed by atoms with E-state index in [-0.39, 0.29) is 0 Å². The maximum absolute atomic E-state index is 4.86. The van der Waals surface area contributed by atoms with Crippen LogP contribution in [-0.4, -0.2) is 47.3 Å². The number of rotatable bonds is 4. The molecule has 0 amide bonds. The first kappa shape index (κ1) is 17.7. The predicted octanol–water partition coefficient (Wildman–Crippen LogP) is 2.29. The van der Waals surface area contributed by atoms with Gasteiger partial charge in [-0.3, -0.25) is 0 Å². The van der Waals surface area contributed by atoms with E-state index < -0.39 is 0 Å². The molecular formula is C22H28N5+. The average Bonchev–Trinajstić information content (AvgIpc) is 2.97. The molecule has 0 atom stereocenters. The minimum atomic E-state index is 0.949. The highest BCUT2D eigenvalue weighted by Gasteiger charge is 2.24. The molecule has 1 aliphatic rings. The fourth-order valence-corrected chi connectivity index (χ4v) is 4.05. The molecule has 5 heteroatoms. The van der Waals surface area contributed by atoms with Crippen LogP contribution in [0.3, 0.4) is 0 Å². The number of aryl methyl sites for hydroxylation is 2. The lowest BCUT2D eigenvalue weighted by molar-refractivity contribution is -0.895. The standard InChI is InChI=1S/C22H27N5/c1-16(2)15-25-10-12-26(13-11-25)20-14-17(3)23-22-21(18(4)24-27(20)22)19-8-6-5-7-9-19/h5-9,14H,1,10-13,15H2,2-4H3/p+1. The van der Waals surface area contributed by atoms with Gasteiger partial charge >= 0.3 is 0 Å². The van der Waals surface area contributed by atoms with Crippen molar-refractivity contribution in [3.8, 4) is 11.1 Å². The molecule has 3 heterocycles. The Morgan fingerprint density at radius 3 is 2.52 bits per heavy atom. The smallest absolute Gasteiger partial charge is 0.165 e. The summed E-state index contributed by atoms with van der Waals surface area (Å²) < 4.78 is 2.04. The van der Waals surface area contributed by atoms with E-state index in [9.17, 15) is 0 Å². The van der Waals surface area contributed by atoms with E-state index in [0.29, 0.717) is 0 Å². The van der Waals surface area contributed by atoms with Crippen molar-refractivity contribution in [2.24, 2.45) is 0 Å². The minimum Gasteiger partial charge on any atom is -0.345 e. The number of piperazine rings is 1. The summed E-state index contributed by atoms with van der Waals surface area (Å²) in [6.45, 7) is 15.7. The van der Waals surface area contributed by atoms with E-state index in [1.165, 1.54) is 11.1 Å². The molecular weight excluding hydrogens is 334 g/mol. The highest BCUT2D eigenvalue weighted by Crippen LogP contribution is 2.30. The van der Waals surface area contributed by atoms with Gasteiger partial charge in [0.15, 0.2) is 5.65 Å². The fraction of sp³-hybridized carbons (Fsp3) is 0.364. The Kier molecular flexibility index (Phi) is 4.70. The molecule has 0 bridgehead atoms. The van der Waals surface area contributed by atoms with Gasteiger partial charge in [0.2, 0.25) is 0 Å². The summed E-state index contributed by atoms with van der Waals surface area (Å²) in [6, 6.07) is 12.6. The Hall–Kier alpha value is -2.66. The highest BCUT2D eigenvalue weighted by molar-refractivity contribution is 5.81. The topological polar surface area (TPSA) is 37.9 Å². The van der Waals surface area contributed by atoms with E-state index in [2.05, 4.69) is 62.6 Å². The highest BCUT2D eigenvalue weighted by atomic mass is 15.4. The largest absolute Gasteiger partial charge is 0.345 e. The number of fused-ring (bicyclic) bond motifs is 1. The number of hydrogen-bond acceptors (Lipinski definition) is 3. The lowest BCUT2D eigenvalue weighted by Gasteiger charge is -2.33. The van der Waals surface area contributed by atoms with Gasteiger partial charge in [0, 0.05) is 17.3 Å². The Morgan fingerprint density at radius 2 is 1.85 bits per heavy atom. The number of quaternary nitrogens is 1. The number of aromatic nitrogens is 3. The number of hydrogen-bond donors (Lipinski definition) is 1. The molecule has 2 aromatic heterocycles. The Morgan fingerprint density at radius 1 is 1.15 bits per heavy atom. The van der Waals surface area contributed by atoms with Crippen molar-refractivity contribution >= 4 is 11.5 Å². The molecule has 1 fully saturated rings. The first-order valence-corrected chi connectivity index (χ1v) is 9.68. The van der Waals surface area contributed by atoms with Crippen molar-refractivity contribution in [1.82, 2.24) is 14.6 Å². The van der Waals surface area contributed by atoms with E-state index in [4.69, 9.17) is 10.1 Å². The second-order valence-corrected chi connectivity index (χ2v) is 7.69. The summed E-state index contributed by atoms with van der Waals surface area (Å²) in [5.41, 5.74) is 6.57. The monoisotopic (exact) mass is 362 g/mol. The molecule has 0 unspecified atom stereocenters. The second-order valence-electron chi connectivity index (χ2n) is 7.69. The summed E-state index contributed by atoms with van der Waals surface area (Å²) in [6.07, 6.45) is 0. The van der Waals surface area contributed by atoms with Crippen molar-refractivity contribution in [2.45, 2.75) is 20.8 Å². The summed E-state index contributed by atoms with van der Waals surface area (Å²) in [5, 5.41) is 4.86. The van der Waals surface area contributed by atoms with Gasteiger partial charge in [0.1, 0.15) is 5.82 Å². The van der Waals surface area contributed by atoms with Crippen molar-refractivity contribution < 1.29 is 4.90 Å². The molecule has 0 spiro atoms. The van der Waals surface area contributed by atoms with Crippen LogP contribution in [0.4, 0.5) is 5.82 Å². The summed E-state index contributed by atoms with van der Waals surface area (Å²) >= 11 is 0. The van der Waals surface area contributed by atoms with Crippen molar-refractivity contribution in [3.63, 3.8) is 0 Å². The Labute approximate surface area is 160 Å². The summed E-state index contributed by atoms with van der Waals surface area (Å²) in [4.78, 5) is 8.90. The first-order valence-electron chi connectivity index (χ1n) is 9.68. The molecule has 140 valence electrons. The van der Waals surface area contributed by atoms with Gasteiger partial charge in [0.25, 0.3) is 0 Å². The van der Waals surface area contributed by atoms with Crippen LogP contribution >= 0.6 is 0 Å². The normalized spacial score (nSPS) is 15.4. The maximum Gasteiger partial charge on any atom is 0.165 e. The van der Waals surface area contributed by atoms with Crippen LogP contribution in [0, 0.1) is 13.8 Å². The number of nitrogens with one attached hydrogen (secondary N) is 1. The summed E-state index contributed by atoms with van der Waals surface area (Å²) in [7, 11) is 0. The molecule has 1 aromatic carbocycles. The zero-order chi connectivity index (χ0) is 19.0. The van der Waals surface area contributed by atoms with E-state index >= 15 is 0 Å². The lowest BCUT2D eigenvalue weighted by atomic mass is 10.1. The first-order chi connectivity index (χ1) is 13.0. The molecule has 27 heavy (non-hydrogen) atoms. The van der Waals surface area contributed by atoms with Crippen molar-refractivity contribution in [3.05, 3.63) is 59.9 Å². The lowest BCUT2D eigenvalue weighted by Crippen LogP contribution is -3.15. The van der Waals surface area contributed by atoms with Crippen LogP contribution < -0.4 is 9.80 Å². The van der Waals surface area contributed by atoms with Crippen LogP contribution in [0.2, 0.25) is 0 Å². The van der Waals surface area contributed by atoms with Gasteiger partial charge in [-0.1, -0.05) is 36.9 Å². The van der Waals surface area contributed by atoms with Gasteiger partial charge < -0.3 is 9.80 Å². The Balaban J connectivity index is 1.72. The number of benzene rings is 1. The Bertz CT molecular complexity index is 965. The quantitative estimate of drug-likeness (QED) is 0.724. The van der Waals surface area contributed by atoms with Crippen LogP contribution in [0.1, 0.15) is 18.3 Å². The van der Waals surface area contributed by atoms with Crippen LogP contribution in [0.5, 0.6) is 0 Å². The fourth-order valence-electron chi connectivity index (χ4n) is 4.05. The van der Waals surface area contributed by atoms with Crippen LogP contribution in [0.25, 0.3) is 16.8 Å². The van der Waals surface area contributed by atoms with Gasteiger partial charge in [-0.15, -0.1) is 0 Å². The molecule has 1 N–H and O–H groups in total. The molecule has 1 saturated heterocycles. The molecule has 0 radical (unpaired) electrons. The molecule has 3 aromatic rings. The SMILES string of the molecule is C=C(C)C[NH+]1CCN(c2cc(C)nc3c(-c4ccccc4)c(C)nn23)CC1. The third kappa shape index (κ3) is 3.47. The third-order valence-electron chi connectivity index (χ3n) is 5.28. The van der Waals surface area contributed by atoms with Crippen molar-refractivity contribution in [2.75, 3.05) is 37.6 Å². The zero-order valence-corrected chi connectivity index (χ0v) is 16.5. The minimum absolute atomic E-state index is 0.949. The van der Waals surface area contributed by atoms with Gasteiger partial charge in [-0.2, -0.15) is 9.61 Å². The van der Waals surface area contributed by atoms with Gasteiger partial charge in [0.05, 0.1) is 38.4 Å². The maximum atomic E-state index is 4.86. The van der Waals surface area contributed by atoms with Crippen LogP contribution in [-0.2, 0) is 0 Å². The van der Waals surface area contributed by atoms with Crippen molar-refractivity contribution in [1.29, 1.82) is 0 Å². The van der Waals surface area contributed by atoms with E-state index in [1.807, 2.05) is 10.6 Å². The van der Waals surface area contributed by atoms with E-state index in [0.717, 1.165) is 61.1 Å². The van der Waals surface area contributed by atoms with Crippen LogP contribution in [0.15, 0.2) is 48.6 Å². The zero-order valence-electron chi connectivity index (χ0n) is 16.5. The average molecular weight is 363 g/mol. The van der Waals surface area contributed by atoms with Gasteiger partial charge in [-0.25, -0.2) is 4.98 Å². The predicted molar refractivity (Wildman–Crippen MR) is 110 cm³/mol. The molecule has 1 aliphatic heterocycles. The summed E-state index contributed by atoms with van der Waals surface area (Å²) in [5.74, 6) is 1.15. The molecule has 4 rings (SSSR count). The number of anilines is 1. The van der Waals surface area contributed by atoms with Gasteiger partial charge in [-0.05, 0) is 31.9 Å². The molecule has 5 nitrogen and oxygen atoms in total. The second kappa shape index (κ2) is 7.16.